The van der Waals surface area contributed by atoms with Crippen molar-refractivity contribution in [3.8, 4) is 0 Å². The van der Waals surface area contributed by atoms with Gasteiger partial charge in [-0.1, -0.05) is 19.6 Å². The minimum absolute atomic E-state index is 0.00120. The van der Waals surface area contributed by atoms with Crippen molar-refractivity contribution in [3.05, 3.63) is 24.0 Å². The number of Topliss-reactive ketones (excluding diaryl/α,β-unsaturated/α-hetero) is 1. The smallest absolute Gasteiger partial charge is 0.163 e. The van der Waals surface area contributed by atoms with E-state index >= 15 is 0 Å². The van der Waals surface area contributed by atoms with Gasteiger partial charge in [0.25, 0.3) is 0 Å². The van der Waals surface area contributed by atoms with Crippen LogP contribution in [0, 0.1) is 0 Å². The molecular weight excluding hydrogens is 140 g/mol. The molecule has 0 aromatic heterocycles. The Hall–Kier alpha value is -1.05. The minimum Gasteiger partial charge on any atom is -0.497 e. The van der Waals surface area contributed by atoms with E-state index in [0.717, 1.165) is 6.42 Å². The van der Waals surface area contributed by atoms with Crippen LogP contribution in [-0.2, 0) is 9.53 Å². The van der Waals surface area contributed by atoms with E-state index in [4.69, 9.17) is 4.74 Å². The van der Waals surface area contributed by atoms with Gasteiger partial charge in [0.1, 0.15) is 5.76 Å². The standard InChI is InChI=1S/C9H14O2/c1-5-6-9(7(2)10)8(3)11-4/h6H,3,5H2,1-2,4H3/b9-6-. The summed E-state index contributed by atoms with van der Waals surface area (Å²) in [5.41, 5.74) is 0.579. The summed E-state index contributed by atoms with van der Waals surface area (Å²) in [5, 5.41) is 0. The number of carbonyl (C=O) groups is 1. The summed E-state index contributed by atoms with van der Waals surface area (Å²) in [6.45, 7) is 7.07. The van der Waals surface area contributed by atoms with Gasteiger partial charge in [0.2, 0.25) is 0 Å². The first-order chi connectivity index (χ1) is 5.13. The highest BCUT2D eigenvalue weighted by Gasteiger charge is 2.06. The Kier molecular flexibility index (Phi) is 4.27. The lowest BCUT2D eigenvalue weighted by atomic mass is 10.1. The summed E-state index contributed by atoms with van der Waals surface area (Å²) in [4.78, 5) is 10.9. The molecule has 0 aromatic rings. The minimum atomic E-state index is -0.00120. The second-order valence-corrected chi connectivity index (χ2v) is 2.21. The summed E-state index contributed by atoms with van der Waals surface area (Å²) in [6, 6.07) is 0. The Labute approximate surface area is 67.6 Å². The summed E-state index contributed by atoms with van der Waals surface area (Å²) in [5.74, 6) is 0.443. The zero-order valence-electron chi connectivity index (χ0n) is 7.31. The largest absolute Gasteiger partial charge is 0.497 e. The van der Waals surface area contributed by atoms with Crippen LogP contribution in [-0.4, -0.2) is 12.9 Å². The Morgan fingerprint density at radius 3 is 2.45 bits per heavy atom. The van der Waals surface area contributed by atoms with Crippen LogP contribution < -0.4 is 0 Å². The van der Waals surface area contributed by atoms with Gasteiger partial charge in [0, 0.05) is 0 Å². The molecule has 11 heavy (non-hydrogen) atoms. The number of methoxy groups -OCH3 is 1. The molecule has 0 unspecified atom stereocenters. The van der Waals surface area contributed by atoms with Crippen LogP contribution in [0.4, 0.5) is 0 Å². The first-order valence-electron chi connectivity index (χ1n) is 3.57. The van der Waals surface area contributed by atoms with Crippen LogP contribution in [0.5, 0.6) is 0 Å². The number of hydrogen-bond donors (Lipinski definition) is 0. The summed E-state index contributed by atoms with van der Waals surface area (Å²) in [6.07, 6.45) is 2.63. The zero-order chi connectivity index (χ0) is 8.85. The third kappa shape index (κ3) is 3.03. The molecule has 0 fully saturated rings. The highest BCUT2D eigenvalue weighted by Crippen LogP contribution is 2.09. The summed E-state index contributed by atoms with van der Waals surface area (Å²) >= 11 is 0. The van der Waals surface area contributed by atoms with Crippen molar-refractivity contribution in [1.82, 2.24) is 0 Å². The van der Waals surface area contributed by atoms with Crippen LogP contribution in [0.3, 0.4) is 0 Å². The maximum absolute atomic E-state index is 10.9. The van der Waals surface area contributed by atoms with Gasteiger partial charge in [-0.25, -0.2) is 0 Å². The second kappa shape index (κ2) is 4.72. The molecule has 0 N–H and O–H groups in total. The van der Waals surface area contributed by atoms with Gasteiger partial charge in [-0.2, -0.15) is 0 Å². The van der Waals surface area contributed by atoms with Crippen molar-refractivity contribution in [3.63, 3.8) is 0 Å². The molecule has 0 radical (unpaired) electrons. The van der Waals surface area contributed by atoms with E-state index in [9.17, 15) is 4.79 Å². The van der Waals surface area contributed by atoms with Crippen molar-refractivity contribution in [2.45, 2.75) is 20.3 Å². The molecule has 0 spiro atoms. The fourth-order valence-electron chi connectivity index (χ4n) is 0.768. The van der Waals surface area contributed by atoms with E-state index in [1.165, 1.54) is 14.0 Å². The molecule has 2 heteroatoms. The average molecular weight is 154 g/mol. The molecular formula is C9H14O2. The molecule has 0 aliphatic rings. The van der Waals surface area contributed by atoms with Gasteiger partial charge in [0.15, 0.2) is 5.78 Å². The van der Waals surface area contributed by atoms with Gasteiger partial charge in [-0.05, 0) is 13.3 Å². The van der Waals surface area contributed by atoms with E-state index < -0.39 is 0 Å². The number of hydrogen-bond acceptors (Lipinski definition) is 2. The number of rotatable bonds is 4. The fraction of sp³-hybridized carbons (Fsp3) is 0.444. The van der Waals surface area contributed by atoms with E-state index in [1.807, 2.05) is 13.0 Å². The molecule has 62 valence electrons. The van der Waals surface area contributed by atoms with E-state index in [1.54, 1.807) is 0 Å². The van der Waals surface area contributed by atoms with E-state index in [0.29, 0.717) is 11.3 Å². The average Bonchev–Trinajstić information content (AvgIpc) is 1.98. The van der Waals surface area contributed by atoms with Crippen LogP contribution >= 0.6 is 0 Å². The predicted octanol–water partition coefficient (Wildman–Crippen LogP) is 2.07. The zero-order valence-corrected chi connectivity index (χ0v) is 7.31. The van der Waals surface area contributed by atoms with Gasteiger partial charge in [-0.3, -0.25) is 4.79 Å². The summed E-state index contributed by atoms with van der Waals surface area (Å²) in [7, 11) is 1.51. The fourth-order valence-corrected chi connectivity index (χ4v) is 0.768. The number of allylic oxidation sites excluding steroid dienone is 2. The molecule has 0 saturated carbocycles. The summed E-state index contributed by atoms with van der Waals surface area (Å²) < 4.78 is 4.84. The van der Waals surface area contributed by atoms with Gasteiger partial charge < -0.3 is 4.74 Å². The number of ketones is 1. The van der Waals surface area contributed by atoms with Gasteiger partial charge in [-0.15, -0.1) is 0 Å². The van der Waals surface area contributed by atoms with Gasteiger partial charge in [0.05, 0.1) is 12.7 Å². The Morgan fingerprint density at radius 2 is 2.18 bits per heavy atom. The number of carbonyl (C=O) groups excluding carboxylic acids is 1. The third-order valence-corrected chi connectivity index (χ3v) is 1.33. The SMILES string of the molecule is C=C(OC)/C(=C\CC)C(C)=O. The quantitative estimate of drug-likeness (QED) is 0.352. The number of ether oxygens (including phenoxy) is 1. The molecule has 0 bridgehead atoms. The molecule has 0 saturated heterocycles. The molecule has 0 aromatic carbocycles. The first kappa shape index (κ1) is 9.95. The van der Waals surface area contributed by atoms with Crippen molar-refractivity contribution < 1.29 is 9.53 Å². The van der Waals surface area contributed by atoms with Gasteiger partial charge >= 0.3 is 0 Å². The maximum atomic E-state index is 10.9. The molecule has 0 aliphatic heterocycles. The predicted molar refractivity (Wildman–Crippen MR) is 45.2 cm³/mol. The molecule has 0 atom stereocenters. The van der Waals surface area contributed by atoms with E-state index in [2.05, 4.69) is 6.58 Å². The Morgan fingerprint density at radius 1 is 1.64 bits per heavy atom. The lowest BCUT2D eigenvalue weighted by Crippen LogP contribution is -2.00. The van der Waals surface area contributed by atoms with Crippen LogP contribution in [0.15, 0.2) is 24.0 Å². The van der Waals surface area contributed by atoms with Crippen LogP contribution in [0.25, 0.3) is 0 Å². The Bertz CT molecular complexity index is 190. The third-order valence-electron chi connectivity index (χ3n) is 1.33. The highest BCUT2D eigenvalue weighted by atomic mass is 16.5. The Balaban J connectivity index is 4.48. The monoisotopic (exact) mass is 154 g/mol. The normalized spacial score (nSPS) is 11.0. The molecule has 0 heterocycles. The van der Waals surface area contributed by atoms with Crippen molar-refractivity contribution in [2.24, 2.45) is 0 Å². The van der Waals surface area contributed by atoms with Crippen molar-refractivity contribution >= 4 is 5.78 Å². The van der Waals surface area contributed by atoms with E-state index in [-0.39, 0.29) is 5.78 Å². The lowest BCUT2D eigenvalue weighted by molar-refractivity contribution is -0.113. The molecule has 0 aliphatic carbocycles. The lowest BCUT2D eigenvalue weighted by Gasteiger charge is -2.04. The molecule has 2 nitrogen and oxygen atoms in total. The first-order valence-corrected chi connectivity index (χ1v) is 3.57. The highest BCUT2D eigenvalue weighted by molar-refractivity contribution is 5.96. The molecule has 0 amide bonds. The maximum Gasteiger partial charge on any atom is 0.163 e. The van der Waals surface area contributed by atoms with Crippen LogP contribution in [0.2, 0.25) is 0 Å². The second-order valence-electron chi connectivity index (χ2n) is 2.21. The molecule has 0 rings (SSSR count). The van der Waals surface area contributed by atoms with Crippen molar-refractivity contribution in [1.29, 1.82) is 0 Å². The van der Waals surface area contributed by atoms with Crippen molar-refractivity contribution in [2.75, 3.05) is 7.11 Å². The topological polar surface area (TPSA) is 26.3 Å². The van der Waals surface area contributed by atoms with Crippen LogP contribution in [0.1, 0.15) is 20.3 Å².